The van der Waals surface area contributed by atoms with Gasteiger partial charge in [-0.3, -0.25) is 0 Å². The summed E-state index contributed by atoms with van der Waals surface area (Å²) in [6.07, 6.45) is 0.544. The van der Waals surface area contributed by atoms with Gasteiger partial charge in [-0.05, 0) is 48.2 Å². The van der Waals surface area contributed by atoms with E-state index in [0.717, 1.165) is 16.9 Å². The fourth-order valence-electron chi connectivity index (χ4n) is 3.36. The molecule has 0 spiro atoms. The number of benzene rings is 1. The molecule has 1 N–H and O–H groups in total. The molecule has 0 unspecified atom stereocenters. The zero-order chi connectivity index (χ0) is 20.4. The quantitative estimate of drug-likeness (QED) is 0.658. The van der Waals surface area contributed by atoms with E-state index >= 15 is 0 Å². The molecule has 1 fully saturated rings. The number of hydrogen-bond acceptors (Lipinski definition) is 8. The van der Waals surface area contributed by atoms with Gasteiger partial charge in [0, 0.05) is 6.04 Å². The van der Waals surface area contributed by atoms with Crippen LogP contribution >= 0.6 is 11.3 Å². The van der Waals surface area contributed by atoms with Crippen molar-refractivity contribution < 1.29 is 26.3 Å². The molecule has 1 aliphatic rings. The van der Waals surface area contributed by atoms with Gasteiger partial charge in [0.05, 0.1) is 31.0 Å². The Morgan fingerprint density at radius 1 is 1.18 bits per heavy atom. The summed E-state index contributed by atoms with van der Waals surface area (Å²) in [6, 6.07) is 7.97. The van der Waals surface area contributed by atoms with Crippen LogP contribution in [0.2, 0.25) is 0 Å². The highest BCUT2D eigenvalue weighted by molar-refractivity contribution is 7.97. The number of hydrogen-bond donors (Lipinski definition) is 1. The maximum absolute atomic E-state index is 12.9. The SMILES string of the molecule is COc1ccc(OC)c(CCN[C@@H]2CS(=O)(=O)C[C@H]2S(=O)(=O)c2cccs2)c1. The van der Waals surface area contributed by atoms with Crippen LogP contribution in [0.1, 0.15) is 5.56 Å². The van der Waals surface area contributed by atoms with Gasteiger partial charge in [-0.2, -0.15) is 0 Å². The lowest BCUT2D eigenvalue weighted by Gasteiger charge is -2.19. The van der Waals surface area contributed by atoms with Gasteiger partial charge in [-0.15, -0.1) is 11.3 Å². The Bertz CT molecular complexity index is 1020. The molecule has 0 amide bonds. The third-order valence-corrected chi connectivity index (χ3v) is 10.3. The largest absolute Gasteiger partial charge is 0.497 e. The monoisotopic (exact) mass is 445 g/mol. The van der Waals surface area contributed by atoms with Crippen molar-refractivity contribution in [1.29, 1.82) is 0 Å². The molecular weight excluding hydrogens is 422 g/mol. The lowest BCUT2D eigenvalue weighted by molar-refractivity contribution is 0.398. The zero-order valence-corrected chi connectivity index (χ0v) is 18.1. The van der Waals surface area contributed by atoms with Crippen molar-refractivity contribution in [3.63, 3.8) is 0 Å². The zero-order valence-electron chi connectivity index (χ0n) is 15.6. The number of thiophene rings is 1. The van der Waals surface area contributed by atoms with Gasteiger partial charge in [0.25, 0.3) is 0 Å². The maximum atomic E-state index is 12.9. The Morgan fingerprint density at radius 3 is 2.61 bits per heavy atom. The minimum atomic E-state index is -3.70. The van der Waals surface area contributed by atoms with Gasteiger partial charge in [-0.1, -0.05) is 6.07 Å². The maximum Gasteiger partial charge on any atom is 0.193 e. The van der Waals surface area contributed by atoms with Crippen molar-refractivity contribution in [3.8, 4) is 11.5 Å². The molecule has 1 aliphatic heterocycles. The van der Waals surface area contributed by atoms with Crippen LogP contribution in [0.4, 0.5) is 0 Å². The fourth-order valence-corrected chi connectivity index (χ4v) is 9.30. The number of rotatable bonds is 8. The third-order valence-electron chi connectivity index (χ3n) is 4.76. The first-order valence-corrected chi connectivity index (χ1v) is 12.9. The van der Waals surface area contributed by atoms with E-state index in [1.165, 1.54) is 6.07 Å². The second kappa shape index (κ2) is 8.40. The molecule has 0 radical (unpaired) electrons. The lowest BCUT2D eigenvalue weighted by atomic mass is 10.1. The van der Waals surface area contributed by atoms with Crippen LogP contribution in [0.15, 0.2) is 39.9 Å². The van der Waals surface area contributed by atoms with Gasteiger partial charge < -0.3 is 14.8 Å². The molecule has 3 rings (SSSR count). The molecule has 7 nitrogen and oxygen atoms in total. The van der Waals surface area contributed by atoms with E-state index in [2.05, 4.69) is 5.32 Å². The van der Waals surface area contributed by atoms with Crippen molar-refractivity contribution in [2.75, 3.05) is 32.3 Å². The number of nitrogens with one attached hydrogen (secondary N) is 1. The standard InChI is InChI=1S/C18H23NO6S3/c1-24-14-5-6-16(25-2)13(10-14)7-8-19-15-11-27(20,21)12-17(15)28(22,23)18-4-3-9-26-18/h3-6,9-10,15,17,19H,7-8,11-12H2,1-2H3/t15-,17-/m1/s1. The summed E-state index contributed by atoms with van der Waals surface area (Å²) in [5, 5.41) is 3.83. The van der Waals surface area contributed by atoms with E-state index in [9.17, 15) is 16.8 Å². The highest BCUT2D eigenvalue weighted by atomic mass is 32.2. The summed E-state index contributed by atoms with van der Waals surface area (Å²) in [4.78, 5) is 0. The smallest absolute Gasteiger partial charge is 0.193 e. The van der Waals surface area contributed by atoms with Crippen LogP contribution < -0.4 is 14.8 Å². The first kappa shape index (κ1) is 21.1. The van der Waals surface area contributed by atoms with Crippen molar-refractivity contribution >= 4 is 31.0 Å². The Balaban J connectivity index is 1.74. The molecule has 2 atom stereocenters. The summed E-state index contributed by atoms with van der Waals surface area (Å²) < 4.78 is 60.8. The molecule has 1 saturated heterocycles. The Hall–Kier alpha value is -1.62. The Labute approximate surface area is 169 Å². The van der Waals surface area contributed by atoms with Gasteiger partial charge in [-0.25, -0.2) is 16.8 Å². The van der Waals surface area contributed by atoms with Crippen LogP contribution in [-0.4, -0.2) is 60.4 Å². The summed E-state index contributed by atoms with van der Waals surface area (Å²) in [5.41, 5.74) is 0.896. The van der Waals surface area contributed by atoms with Gasteiger partial charge in [0.1, 0.15) is 15.7 Å². The number of ether oxygens (including phenoxy) is 2. The average Bonchev–Trinajstić information content (AvgIpc) is 3.30. The molecule has 0 saturated carbocycles. The normalized spacial score (nSPS) is 21.5. The lowest BCUT2D eigenvalue weighted by Crippen LogP contribution is -2.43. The van der Waals surface area contributed by atoms with Crippen molar-refractivity contribution in [1.82, 2.24) is 5.32 Å². The predicted octanol–water partition coefficient (Wildman–Crippen LogP) is 1.54. The third kappa shape index (κ3) is 4.51. The molecule has 0 bridgehead atoms. The van der Waals surface area contributed by atoms with Gasteiger partial charge in [0.15, 0.2) is 19.7 Å². The van der Waals surface area contributed by atoms with E-state index in [1.807, 2.05) is 6.07 Å². The summed E-state index contributed by atoms with van der Waals surface area (Å²) in [7, 11) is -3.97. The summed E-state index contributed by atoms with van der Waals surface area (Å²) in [6.45, 7) is 0.417. The summed E-state index contributed by atoms with van der Waals surface area (Å²) in [5.74, 6) is 0.854. The Kier molecular flexibility index (Phi) is 6.33. The van der Waals surface area contributed by atoms with Crippen LogP contribution in [0.3, 0.4) is 0 Å². The van der Waals surface area contributed by atoms with Crippen molar-refractivity contribution in [3.05, 3.63) is 41.3 Å². The van der Waals surface area contributed by atoms with E-state index < -0.39 is 31.0 Å². The number of methoxy groups -OCH3 is 2. The van der Waals surface area contributed by atoms with Crippen molar-refractivity contribution in [2.45, 2.75) is 21.9 Å². The highest BCUT2D eigenvalue weighted by Crippen LogP contribution is 2.29. The Morgan fingerprint density at radius 2 is 1.96 bits per heavy atom. The molecule has 28 heavy (non-hydrogen) atoms. The van der Waals surface area contributed by atoms with Gasteiger partial charge in [0.2, 0.25) is 0 Å². The fraction of sp³-hybridized carbons (Fsp3) is 0.444. The minimum Gasteiger partial charge on any atom is -0.497 e. The van der Waals surface area contributed by atoms with E-state index in [4.69, 9.17) is 9.47 Å². The van der Waals surface area contributed by atoms with Crippen LogP contribution in [0, 0.1) is 0 Å². The van der Waals surface area contributed by atoms with E-state index in [-0.39, 0.29) is 15.7 Å². The average molecular weight is 446 g/mol. The highest BCUT2D eigenvalue weighted by Gasteiger charge is 2.45. The topological polar surface area (TPSA) is 98.8 Å². The van der Waals surface area contributed by atoms with Crippen molar-refractivity contribution in [2.24, 2.45) is 0 Å². The first-order chi connectivity index (χ1) is 13.3. The summed E-state index contributed by atoms with van der Waals surface area (Å²) >= 11 is 1.11. The van der Waals surface area contributed by atoms with E-state index in [0.29, 0.717) is 24.5 Å². The molecule has 0 aliphatic carbocycles. The molecule has 1 aromatic carbocycles. The molecule has 2 aromatic rings. The van der Waals surface area contributed by atoms with Crippen LogP contribution in [0.5, 0.6) is 11.5 Å². The number of sulfone groups is 2. The van der Waals surface area contributed by atoms with Crippen LogP contribution in [0.25, 0.3) is 0 Å². The van der Waals surface area contributed by atoms with E-state index in [1.54, 1.807) is 37.8 Å². The molecule has 2 heterocycles. The van der Waals surface area contributed by atoms with Crippen LogP contribution in [-0.2, 0) is 26.1 Å². The first-order valence-electron chi connectivity index (χ1n) is 8.69. The predicted molar refractivity (Wildman–Crippen MR) is 109 cm³/mol. The minimum absolute atomic E-state index is 0.183. The second-order valence-corrected chi connectivity index (χ2v) is 12.1. The second-order valence-electron chi connectivity index (χ2n) is 6.58. The molecular formula is C18H23NO6S3. The molecule has 154 valence electrons. The molecule has 10 heteroatoms. The van der Waals surface area contributed by atoms with Gasteiger partial charge >= 0.3 is 0 Å². The molecule has 1 aromatic heterocycles.